The summed E-state index contributed by atoms with van der Waals surface area (Å²) in [5.41, 5.74) is 2.15. The Hall–Kier alpha value is -1.84. The Morgan fingerprint density at radius 3 is 2.07 bits per heavy atom. The molecular weight excluding hydrogens is 737 g/mol. The second-order valence-electron chi connectivity index (χ2n) is 21.4. The number of ether oxygens (including phenoxy) is 2. The van der Waals surface area contributed by atoms with Crippen molar-refractivity contribution in [3.05, 3.63) is 72.3 Å². The van der Waals surface area contributed by atoms with Gasteiger partial charge in [-0.15, -0.1) is 0 Å². The zero-order valence-electron chi connectivity index (χ0n) is 37.4. The van der Waals surface area contributed by atoms with Gasteiger partial charge in [-0.25, -0.2) is 0 Å². The SMILES string of the molecule is CC[C@@H](CC[C@@H](C)[C@H]1CC[C@H]2[C@@H]3CC=C4C[C@@H](OC5OC(CO[Si](c6ccccc6)(c6ccccc6)C(C)(C)C)C(O)C(O)C5O)CC[C@]4(C)[C@H]3CC[C@]12C)C(C)C. The van der Waals surface area contributed by atoms with E-state index in [1.807, 2.05) is 12.1 Å². The standard InChI is InChI=1S/C51H78O6Si/c1-10-35(33(2)3)22-21-34(4)41-25-26-42-40-24-23-36-31-37(27-29-50(36,8)43(40)28-30-51(41,42)9)56-48-47(54)46(53)45(52)44(57-48)32-55-58(49(5,6)7,38-17-13-11-14-18-38)39-19-15-12-16-20-39/h11-20,23,33-35,37,40-48,52-54H,10,21-22,24-32H2,1-9H3/t34-,35+,37+,40+,41-,42+,43+,44?,45?,46?,47?,48?,50+,51-/m1/s1. The second-order valence-corrected chi connectivity index (χ2v) is 25.8. The van der Waals surface area contributed by atoms with Crippen molar-refractivity contribution in [1.82, 2.24) is 0 Å². The summed E-state index contributed by atoms with van der Waals surface area (Å²) in [4.78, 5) is 0. The molecule has 3 saturated carbocycles. The van der Waals surface area contributed by atoms with Crippen molar-refractivity contribution in [3.8, 4) is 0 Å². The van der Waals surface area contributed by atoms with E-state index in [2.05, 4.69) is 117 Å². The molecular formula is C51H78O6Si. The molecule has 5 aliphatic rings. The average Bonchev–Trinajstić information content (AvgIpc) is 3.56. The molecule has 7 rings (SSSR count). The molecule has 2 aromatic rings. The van der Waals surface area contributed by atoms with Gasteiger partial charge in [-0.05, 0) is 125 Å². The molecule has 0 aromatic heterocycles. The number of benzene rings is 2. The Morgan fingerprint density at radius 1 is 0.810 bits per heavy atom. The van der Waals surface area contributed by atoms with Crippen molar-refractivity contribution in [1.29, 1.82) is 0 Å². The Labute approximate surface area is 352 Å². The van der Waals surface area contributed by atoms with E-state index in [0.29, 0.717) is 11.3 Å². The Morgan fingerprint density at radius 2 is 1.47 bits per heavy atom. The van der Waals surface area contributed by atoms with Crippen molar-refractivity contribution in [2.45, 2.75) is 175 Å². The smallest absolute Gasteiger partial charge is 0.261 e. The summed E-state index contributed by atoms with van der Waals surface area (Å²) < 4.78 is 20.2. The van der Waals surface area contributed by atoms with E-state index in [1.54, 1.807) is 0 Å². The lowest BCUT2D eigenvalue weighted by molar-refractivity contribution is -0.312. The Bertz CT molecular complexity index is 1630. The van der Waals surface area contributed by atoms with Crippen LogP contribution < -0.4 is 10.4 Å². The lowest BCUT2D eigenvalue weighted by Crippen LogP contribution is -2.68. The number of rotatable bonds is 13. The van der Waals surface area contributed by atoms with Crippen molar-refractivity contribution in [2.75, 3.05) is 6.61 Å². The highest BCUT2D eigenvalue weighted by atomic mass is 28.4. The molecule has 1 aliphatic heterocycles. The number of aliphatic hydroxyl groups excluding tert-OH is 3. The van der Waals surface area contributed by atoms with Crippen LogP contribution in [0.2, 0.25) is 5.04 Å². The quantitative estimate of drug-likeness (QED) is 0.138. The molecule has 7 heteroatoms. The highest BCUT2D eigenvalue weighted by molar-refractivity contribution is 6.99. The number of hydrogen-bond acceptors (Lipinski definition) is 6. The maximum Gasteiger partial charge on any atom is 0.261 e. The average molecular weight is 815 g/mol. The topological polar surface area (TPSA) is 88.4 Å². The third-order valence-electron chi connectivity index (χ3n) is 17.2. The van der Waals surface area contributed by atoms with Gasteiger partial charge in [-0.1, -0.05) is 147 Å². The van der Waals surface area contributed by atoms with E-state index in [-0.39, 0.29) is 23.2 Å². The highest BCUT2D eigenvalue weighted by Crippen LogP contribution is 2.67. The van der Waals surface area contributed by atoms with Crippen molar-refractivity contribution in [2.24, 2.45) is 52.3 Å². The lowest BCUT2D eigenvalue weighted by atomic mass is 9.47. The number of fused-ring (bicyclic) bond motifs is 5. The fourth-order valence-corrected chi connectivity index (χ4v) is 18.3. The van der Waals surface area contributed by atoms with Gasteiger partial charge in [0.05, 0.1) is 12.7 Å². The third-order valence-corrected chi connectivity index (χ3v) is 22.2. The molecule has 1 saturated heterocycles. The van der Waals surface area contributed by atoms with Gasteiger partial charge < -0.3 is 29.2 Å². The Balaban J connectivity index is 1.02. The van der Waals surface area contributed by atoms with Crippen LogP contribution in [0.25, 0.3) is 0 Å². The van der Waals surface area contributed by atoms with E-state index < -0.39 is 39.0 Å². The third kappa shape index (κ3) is 8.02. The van der Waals surface area contributed by atoms with Gasteiger partial charge in [0.1, 0.15) is 24.4 Å². The molecule has 3 N–H and O–H groups in total. The molecule has 4 aliphatic carbocycles. The molecule has 14 atom stereocenters. The van der Waals surface area contributed by atoms with Crippen LogP contribution >= 0.6 is 0 Å². The van der Waals surface area contributed by atoms with Gasteiger partial charge in [0.15, 0.2) is 6.29 Å². The van der Waals surface area contributed by atoms with Crippen molar-refractivity contribution < 1.29 is 29.2 Å². The minimum absolute atomic E-state index is 0.0615. The molecule has 5 unspecified atom stereocenters. The van der Waals surface area contributed by atoms with Gasteiger partial charge in [-0.2, -0.15) is 0 Å². The molecule has 322 valence electrons. The second kappa shape index (κ2) is 17.5. The van der Waals surface area contributed by atoms with Crippen LogP contribution in [0.15, 0.2) is 72.3 Å². The molecule has 0 amide bonds. The van der Waals surface area contributed by atoms with E-state index in [4.69, 9.17) is 13.9 Å². The zero-order chi connectivity index (χ0) is 41.6. The van der Waals surface area contributed by atoms with Crippen LogP contribution in [0.3, 0.4) is 0 Å². The summed E-state index contributed by atoms with van der Waals surface area (Å²) in [5.74, 6) is 5.57. The van der Waals surface area contributed by atoms with Crippen LogP contribution in [0, 0.1) is 52.3 Å². The molecule has 58 heavy (non-hydrogen) atoms. The number of allylic oxidation sites excluding steroid dienone is 1. The first-order valence-electron chi connectivity index (χ1n) is 23.3. The van der Waals surface area contributed by atoms with E-state index in [0.717, 1.165) is 65.1 Å². The monoisotopic (exact) mass is 815 g/mol. The largest absolute Gasteiger partial charge is 0.405 e. The summed E-state index contributed by atoms with van der Waals surface area (Å²) in [6, 6.07) is 20.8. The fraction of sp³-hybridized carbons (Fsp3) is 0.725. The first-order chi connectivity index (χ1) is 27.5. The summed E-state index contributed by atoms with van der Waals surface area (Å²) in [6.07, 6.45) is 9.95. The highest BCUT2D eigenvalue weighted by Gasteiger charge is 2.60. The van der Waals surface area contributed by atoms with Crippen LogP contribution in [0.5, 0.6) is 0 Å². The normalized spacial score (nSPS) is 37.7. The van der Waals surface area contributed by atoms with Gasteiger partial charge in [0.25, 0.3) is 8.32 Å². The number of hydrogen-bond donors (Lipinski definition) is 3. The van der Waals surface area contributed by atoms with E-state index >= 15 is 0 Å². The molecule has 0 bridgehead atoms. The van der Waals surface area contributed by atoms with Gasteiger partial charge in [0, 0.05) is 0 Å². The van der Waals surface area contributed by atoms with Gasteiger partial charge in [-0.3, -0.25) is 0 Å². The van der Waals surface area contributed by atoms with Crippen LogP contribution in [-0.2, 0) is 13.9 Å². The predicted octanol–water partition coefficient (Wildman–Crippen LogP) is 9.43. The summed E-state index contributed by atoms with van der Waals surface area (Å²) >= 11 is 0. The maximum atomic E-state index is 11.3. The van der Waals surface area contributed by atoms with Gasteiger partial charge in [0.2, 0.25) is 0 Å². The van der Waals surface area contributed by atoms with Crippen LogP contribution in [-0.4, -0.2) is 67.1 Å². The van der Waals surface area contributed by atoms with Crippen LogP contribution in [0.4, 0.5) is 0 Å². The van der Waals surface area contributed by atoms with E-state index in [9.17, 15) is 15.3 Å². The summed E-state index contributed by atoms with van der Waals surface area (Å²) in [5, 5.41) is 35.8. The molecule has 2 aromatic carbocycles. The first kappa shape index (κ1) is 44.2. The van der Waals surface area contributed by atoms with Gasteiger partial charge >= 0.3 is 0 Å². The van der Waals surface area contributed by atoms with E-state index in [1.165, 1.54) is 56.9 Å². The number of aliphatic hydroxyl groups is 3. The fourth-order valence-electron chi connectivity index (χ4n) is 13.7. The lowest BCUT2D eigenvalue weighted by Gasteiger charge is -2.58. The minimum atomic E-state index is -2.93. The molecule has 6 nitrogen and oxygen atoms in total. The predicted molar refractivity (Wildman–Crippen MR) is 237 cm³/mol. The molecule has 1 heterocycles. The summed E-state index contributed by atoms with van der Waals surface area (Å²) in [7, 11) is -2.93. The van der Waals surface area contributed by atoms with Crippen molar-refractivity contribution >= 4 is 18.7 Å². The Kier molecular flexibility index (Phi) is 13.3. The van der Waals surface area contributed by atoms with Crippen molar-refractivity contribution in [3.63, 3.8) is 0 Å². The molecule has 0 spiro atoms. The molecule has 4 fully saturated rings. The maximum absolute atomic E-state index is 11.3. The van der Waals surface area contributed by atoms with Crippen LogP contribution in [0.1, 0.15) is 133 Å². The molecule has 0 radical (unpaired) electrons. The summed E-state index contributed by atoms with van der Waals surface area (Å²) in [6.45, 7) is 21.7. The first-order valence-corrected chi connectivity index (χ1v) is 25.3. The zero-order valence-corrected chi connectivity index (χ0v) is 38.4. The minimum Gasteiger partial charge on any atom is -0.405 e.